The fourth-order valence-corrected chi connectivity index (χ4v) is 3.14. The minimum atomic E-state index is -0.290. The SMILES string of the molecule is Cc1cc(NC(=O)c2cc(NC3CCCCC3)ncn2)c(C)cc1O. The van der Waals surface area contributed by atoms with Crippen molar-refractivity contribution in [3.8, 4) is 5.75 Å². The summed E-state index contributed by atoms with van der Waals surface area (Å²) in [6, 6.07) is 5.50. The number of nitrogens with one attached hydrogen (secondary N) is 2. The van der Waals surface area contributed by atoms with Gasteiger partial charge in [-0.2, -0.15) is 0 Å². The molecule has 1 amide bonds. The Kier molecular flexibility index (Phi) is 5.16. The van der Waals surface area contributed by atoms with Crippen LogP contribution in [0.1, 0.15) is 53.7 Å². The molecule has 1 aliphatic carbocycles. The molecule has 1 saturated carbocycles. The standard InChI is InChI=1S/C19H24N4O2/c1-12-9-17(24)13(2)8-15(12)23-19(25)16-10-18(21-11-20-16)22-14-6-4-3-5-7-14/h8-11,14,24H,3-7H2,1-2H3,(H,23,25)(H,20,21,22). The summed E-state index contributed by atoms with van der Waals surface area (Å²) >= 11 is 0. The lowest BCUT2D eigenvalue weighted by Gasteiger charge is -2.23. The molecule has 1 aromatic heterocycles. The zero-order valence-electron chi connectivity index (χ0n) is 14.7. The van der Waals surface area contributed by atoms with E-state index in [1.165, 1.54) is 25.6 Å². The summed E-state index contributed by atoms with van der Waals surface area (Å²) in [6.07, 6.45) is 7.44. The van der Waals surface area contributed by atoms with E-state index in [1.54, 1.807) is 25.1 Å². The first-order valence-corrected chi connectivity index (χ1v) is 8.73. The molecule has 1 heterocycles. The van der Waals surface area contributed by atoms with Crippen LogP contribution in [0.25, 0.3) is 0 Å². The van der Waals surface area contributed by atoms with E-state index in [0.717, 1.165) is 18.4 Å². The van der Waals surface area contributed by atoms with Crippen LogP contribution in [-0.2, 0) is 0 Å². The number of amides is 1. The summed E-state index contributed by atoms with van der Waals surface area (Å²) in [5.74, 6) is 0.615. The quantitative estimate of drug-likeness (QED) is 0.737. The fraction of sp³-hybridized carbons (Fsp3) is 0.421. The first-order valence-electron chi connectivity index (χ1n) is 8.73. The van der Waals surface area contributed by atoms with Crippen LogP contribution in [0, 0.1) is 13.8 Å². The summed E-state index contributed by atoms with van der Waals surface area (Å²) < 4.78 is 0. The zero-order valence-corrected chi connectivity index (χ0v) is 14.7. The third-order valence-electron chi connectivity index (χ3n) is 4.65. The molecule has 6 nitrogen and oxygen atoms in total. The van der Waals surface area contributed by atoms with E-state index < -0.39 is 0 Å². The first kappa shape index (κ1) is 17.2. The monoisotopic (exact) mass is 340 g/mol. The van der Waals surface area contributed by atoms with Crippen molar-refractivity contribution in [3.63, 3.8) is 0 Å². The number of aromatic hydroxyl groups is 1. The first-order chi connectivity index (χ1) is 12.0. The van der Waals surface area contributed by atoms with Crippen molar-refractivity contribution in [2.24, 2.45) is 0 Å². The van der Waals surface area contributed by atoms with Gasteiger partial charge >= 0.3 is 0 Å². The van der Waals surface area contributed by atoms with Gasteiger partial charge in [0.25, 0.3) is 5.91 Å². The van der Waals surface area contributed by atoms with E-state index >= 15 is 0 Å². The summed E-state index contributed by atoms with van der Waals surface area (Å²) in [4.78, 5) is 20.8. The molecule has 25 heavy (non-hydrogen) atoms. The molecule has 0 saturated heterocycles. The van der Waals surface area contributed by atoms with Crippen LogP contribution in [-0.4, -0.2) is 27.0 Å². The molecule has 0 unspecified atom stereocenters. The number of phenolic OH excluding ortho intramolecular Hbond substituents is 1. The average Bonchev–Trinajstić information content (AvgIpc) is 2.61. The maximum Gasteiger partial charge on any atom is 0.274 e. The van der Waals surface area contributed by atoms with Crippen LogP contribution >= 0.6 is 0 Å². The number of carbonyl (C=O) groups is 1. The Morgan fingerprint density at radius 1 is 1.08 bits per heavy atom. The Bertz CT molecular complexity index is 770. The van der Waals surface area contributed by atoms with E-state index in [1.807, 2.05) is 6.92 Å². The fourth-order valence-electron chi connectivity index (χ4n) is 3.14. The molecule has 0 radical (unpaired) electrons. The smallest absolute Gasteiger partial charge is 0.274 e. The minimum Gasteiger partial charge on any atom is -0.508 e. The summed E-state index contributed by atoms with van der Waals surface area (Å²) in [5.41, 5.74) is 2.49. The van der Waals surface area contributed by atoms with Gasteiger partial charge in [0, 0.05) is 17.8 Å². The number of hydrogen-bond acceptors (Lipinski definition) is 5. The Morgan fingerprint density at radius 3 is 2.60 bits per heavy atom. The number of nitrogens with zero attached hydrogens (tertiary/aromatic N) is 2. The van der Waals surface area contributed by atoms with Gasteiger partial charge in [0.2, 0.25) is 0 Å². The Hall–Kier alpha value is -2.63. The van der Waals surface area contributed by atoms with Gasteiger partial charge in [-0.3, -0.25) is 4.79 Å². The predicted molar refractivity (Wildman–Crippen MR) is 98.1 cm³/mol. The van der Waals surface area contributed by atoms with Crippen LogP contribution in [0.4, 0.5) is 11.5 Å². The van der Waals surface area contributed by atoms with Gasteiger partial charge in [-0.15, -0.1) is 0 Å². The maximum atomic E-state index is 12.5. The van der Waals surface area contributed by atoms with Crippen molar-refractivity contribution in [1.82, 2.24) is 9.97 Å². The van der Waals surface area contributed by atoms with Crippen molar-refractivity contribution < 1.29 is 9.90 Å². The molecule has 1 fully saturated rings. The number of carbonyl (C=O) groups excluding carboxylic acids is 1. The van der Waals surface area contributed by atoms with Crippen molar-refractivity contribution in [3.05, 3.63) is 41.3 Å². The van der Waals surface area contributed by atoms with Crippen LogP contribution < -0.4 is 10.6 Å². The number of phenols is 1. The molecule has 2 aromatic rings. The van der Waals surface area contributed by atoms with Crippen LogP contribution in [0.5, 0.6) is 5.75 Å². The van der Waals surface area contributed by atoms with Gasteiger partial charge in [0.1, 0.15) is 23.6 Å². The number of hydrogen-bond donors (Lipinski definition) is 3. The van der Waals surface area contributed by atoms with Gasteiger partial charge in [-0.1, -0.05) is 19.3 Å². The second-order valence-corrected chi connectivity index (χ2v) is 6.68. The molecule has 6 heteroatoms. The van der Waals surface area contributed by atoms with Crippen LogP contribution in [0.15, 0.2) is 24.5 Å². The maximum absolute atomic E-state index is 12.5. The molecule has 1 aromatic carbocycles. The zero-order chi connectivity index (χ0) is 17.8. The predicted octanol–water partition coefficient (Wildman–Crippen LogP) is 3.80. The second kappa shape index (κ2) is 7.51. The molecule has 132 valence electrons. The average molecular weight is 340 g/mol. The lowest BCUT2D eigenvalue weighted by atomic mass is 9.95. The number of rotatable bonds is 4. The topological polar surface area (TPSA) is 87.1 Å². The van der Waals surface area contributed by atoms with E-state index in [4.69, 9.17) is 0 Å². The molecule has 3 N–H and O–H groups in total. The Morgan fingerprint density at radius 2 is 1.84 bits per heavy atom. The van der Waals surface area contributed by atoms with Gasteiger partial charge < -0.3 is 15.7 Å². The largest absolute Gasteiger partial charge is 0.508 e. The number of aryl methyl sites for hydroxylation is 2. The molecule has 3 rings (SSSR count). The highest BCUT2D eigenvalue weighted by atomic mass is 16.3. The Balaban J connectivity index is 1.72. The molecular weight excluding hydrogens is 316 g/mol. The lowest BCUT2D eigenvalue weighted by molar-refractivity contribution is 0.102. The summed E-state index contributed by atoms with van der Waals surface area (Å²) in [7, 11) is 0. The highest BCUT2D eigenvalue weighted by Crippen LogP contribution is 2.25. The number of benzene rings is 1. The van der Waals surface area contributed by atoms with E-state index in [9.17, 15) is 9.90 Å². The molecule has 0 spiro atoms. The molecule has 0 bridgehead atoms. The normalized spacial score (nSPS) is 15.0. The van der Waals surface area contributed by atoms with E-state index in [0.29, 0.717) is 28.8 Å². The highest BCUT2D eigenvalue weighted by molar-refractivity contribution is 6.03. The van der Waals surface area contributed by atoms with Crippen LogP contribution in [0.3, 0.4) is 0 Å². The van der Waals surface area contributed by atoms with Gasteiger partial charge in [-0.05, 0) is 49.9 Å². The third kappa shape index (κ3) is 4.26. The molecule has 0 aliphatic heterocycles. The van der Waals surface area contributed by atoms with Gasteiger partial charge in [0.05, 0.1) is 0 Å². The minimum absolute atomic E-state index is 0.219. The molecule has 1 aliphatic rings. The number of anilines is 2. The van der Waals surface area contributed by atoms with E-state index in [-0.39, 0.29) is 11.7 Å². The third-order valence-corrected chi connectivity index (χ3v) is 4.65. The van der Waals surface area contributed by atoms with E-state index in [2.05, 4.69) is 20.6 Å². The van der Waals surface area contributed by atoms with Crippen molar-refractivity contribution in [2.75, 3.05) is 10.6 Å². The summed E-state index contributed by atoms with van der Waals surface area (Å²) in [6.45, 7) is 3.63. The van der Waals surface area contributed by atoms with Crippen LogP contribution in [0.2, 0.25) is 0 Å². The highest BCUT2D eigenvalue weighted by Gasteiger charge is 2.16. The summed E-state index contributed by atoms with van der Waals surface area (Å²) in [5, 5.41) is 16.0. The second-order valence-electron chi connectivity index (χ2n) is 6.68. The van der Waals surface area contributed by atoms with Gasteiger partial charge in [-0.25, -0.2) is 9.97 Å². The van der Waals surface area contributed by atoms with Crippen molar-refractivity contribution >= 4 is 17.4 Å². The number of aromatic nitrogens is 2. The van der Waals surface area contributed by atoms with Crippen molar-refractivity contribution in [1.29, 1.82) is 0 Å². The van der Waals surface area contributed by atoms with Gasteiger partial charge in [0.15, 0.2) is 0 Å². The lowest BCUT2D eigenvalue weighted by Crippen LogP contribution is -2.23. The molecular formula is C19H24N4O2. The Labute approximate surface area is 147 Å². The van der Waals surface area contributed by atoms with Crippen molar-refractivity contribution in [2.45, 2.75) is 52.0 Å². The molecule has 0 atom stereocenters.